The van der Waals surface area contributed by atoms with Gasteiger partial charge in [0, 0.05) is 5.92 Å². The number of rotatable bonds is 10. The van der Waals surface area contributed by atoms with E-state index >= 15 is 0 Å². The van der Waals surface area contributed by atoms with E-state index in [0.717, 1.165) is 18.8 Å². The molecule has 2 aliphatic heterocycles. The number of aliphatic hydroxyl groups is 2. The van der Waals surface area contributed by atoms with Crippen LogP contribution in [0.5, 0.6) is 0 Å². The summed E-state index contributed by atoms with van der Waals surface area (Å²) in [6.07, 6.45) is 22.2. The van der Waals surface area contributed by atoms with Gasteiger partial charge in [-0.05, 0) is 50.4 Å². The normalized spacial score (nSPS) is 34.0. The Bertz CT molecular complexity index is 439. The van der Waals surface area contributed by atoms with Gasteiger partial charge in [-0.25, -0.2) is 0 Å². The highest BCUT2D eigenvalue weighted by Crippen LogP contribution is 2.46. The van der Waals surface area contributed by atoms with E-state index in [2.05, 4.69) is 18.2 Å². The second-order valence-electron chi connectivity index (χ2n) is 8.31. The number of hydrogen-bond acceptors (Lipinski definition) is 3. The summed E-state index contributed by atoms with van der Waals surface area (Å²) >= 11 is 0. The van der Waals surface area contributed by atoms with Gasteiger partial charge in [-0.2, -0.15) is 0 Å². The highest BCUT2D eigenvalue weighted by atomic mass is 16.5. The lowest BCUT2D eigenvalue weighted by molar-refractivity contribution is 0.0884. The van der Waals surface area contributed by atoms with Gasteiger partial charge >= 0.3 is 0 Å². The van der Waals surface area contributed by atoms with Crippen LogP contribution in [-0.4, -0.2) is 35.1 Å². The molecule has 2 heterocycles. The Labute approximate surface area is 153 Å². The highest BCUT2D eigenvalue weighted by Gasteiger charge is 2.47. The molecule has 142 valence electrons. The van der Waals surface area contributed by atoms with Gasteiger partial charge in [0.15, 0.2) is 0 Å². The quantitative estimate of drug-likeness (QED) is 0.455. The van der Waals surface area contributed by atoms with Crippen molar-refractivity contribution in [2.24, 2.45) is 17.8 Å². The molecule has 3 nitrogen and oxygen atoms in total. The Morgan fingerprint density at radius 1 is 1.00 bits per heavy atom. The van der Waals surface area contributed by atoms with Crippen molar-refractivity contribution in [3.63, 3.8) is 0 Å². The molecule has 2 saturated heterocycles. The highest BCUT2D eigenvalue weighted by molar-refractivity contribution is 5.07. The van der Waals surface area contributed by atoms with Crippen molar-refractivity contribution in [1.29, 1.82) is 0 Å². The van der Waals surface area contributed by atoms with Gasteiger partial charge < -0.3 is 14.9 Å². The van der Waals surface area contributed by atoms with E-state index in [0.29, 0.717) is 24.0 Å². The number of unbranched alkanes of at least 4 members (excludes halogenated alkanes) is 2. The molecule has 2 bridgehead atoms. The lowest BCUT2D eigenvalue weighted by Gasteiger charge is -2.26. The van der Waals surface area contributed by atoms with Crippen LogP contribution in [0.2, 0.25) is 0 Å². The molecule has 5 atom stereocenters. The summed E-state index contributed by atoms with van der Waals surface area (Å²) in [5.41, 5.74) is 0. The van der Waals surface area contributed by atoms with Crippen LogP contribution < -0.4 is 0 Å². The zero-order valence-electron chi connectivity index (χ0n) is 15.6. The number of ether oxygens (including phenoxy) is 1. The molecule has 0 spiro atoms. The van der Waals surface area contributed by atoms with E-state index < -0.39 is 0 Å². The summed E-state index contributed by atoms with van der Waals surface area (Å²) in [5.74, 6) is 1.87. The van der Waals surface area contributed by atoms with Crippen molar-refractivity contribution < 1.29 is 14.9 Å². The minimum atomic E-state index is -0.272. The van der Waals surface area contributed by atoms with E-state index in [9.17, 15) is 5.11 Å². The average molecular weight is 349 g/mol. The number of aliphatic hydroxyl groups excluding tert-OH is 2. The molecule has 25 heavy (non-hydrogen) atoms. The Kier molecular flexibility index (Phi) is 7.57. The van der Waals surface area contributed by atoms with Gasteiger partial charge in [-0.15, -0.1) is 0 Å². The first-order chi connectivity index (χ1) is 12.3. The van der Waals surface area contributed by atoms with Gasteiger partial charge in [-0.1, -0.05) is 56.4 Å². The first-order valence-electron chi connectivity index (χ1n) is 10.6. The van der Waals surface area contributed by atoms with Crippen molar-refractivity contribution in [2.75, 3.05) is 6.61 Å². The van der Waals surface area contributed by atoms with Gasteiger partial charge in [-0.3, -0.25) is 0 Å². The van der Waals surface area contributed by atoms with E-state index in [-0.39, 0.29) is 12.7 Å². The average Bonchev–Trinajstić information content (AvgIpc) is 3.34. The van der Waals surface area contributed by atoms with Gasteiger partial charge in [0.2, 0.25) is 0 Å². The van der Waals surface area contributed by atoms with Crippen molar-refractivity contribution in [2.45, 2.75) is 88.9 Å². The third-order valence-corrected chi connectivity index (χ3v) is 6.52. The van der Waals surface area contributed by atoms with Gasteiger partial charge in [0.25, 0.3) is 0 Å². The second-order valence-corrected chi connectivity index (χ2v) is 8.31. The maximum atomic E-state index is 10.4. The zero-order valence-corrected chi connectivity index (χ0v) is 15.6. The summed E-state index contributed by atoms with van der Waals surface area (Å²) < 4.78 is 6.18. The Morgan fingerprint density at radius 2 is 1.80 bits per heavy atom. The molecule has 3 aliphatic rings. The minimum Gasteiger partial charge on any atom is -0.392 e. The molecule has 3 rings (SSSR count). The van der Waals surface area contributed by atoms with Crippen LogP contribution >= 0.6 is 0 Å². The van der Waals surface area contributed by atoms with Crippen LogP contribution in [-0.2, 0) is 4.74 Å². The smallest absolute Gasteiger partial charge is 0.0723 e. The summed E-state index contributed by atoms with van der Waals surface area (Å²) in [4.78, 5) is 0. The molecular weight excluding hydrogens is 312 g/mol. The lowest BCUT2D eigenvalue weighted by Crippen LogP contribution is -2.26. The van der Waals surface area contributed by atoms with E-state index in [1.807, 2.05) is 6.08 Å². The van der Waals surface area contributed by atoms with Gasteiger partial charge in [0.05, 0.1) is 24.9 Å². The molecule has 1 saturated carbocycles. The van der Waals surface area contributed by atoms with Crippen molar-refractivity contribution in [3.05, 3.63) is 24.3 Å². The molecule has 1 aliphatic carbocycles. The number of fused-ring (bicyclic) bond motifs is 2. The topological polar surface area (TPSA) is 49.7 Å². The first kappa shape index (κ1) is 19.1. The van der Waals surface area contributed by atoms with Crippen LogP contribution in [0.3, 0.4) is 0 Å². The molecule has 0 amide bonds. The van der Waals surface area contributed by atoms with Crippen LogP contribution in [0.1, 0.15) is 70.6 Å². The molecular formula is C22H36O3. The Morgan fingerprint density at radius 3 is 2.60 bits per heavy atom. The van der Waals surface area contributed by atoms with Crippen LogP contribution in [0.15, 0.2) is 24.3 Å². The predicted octanol–water partition coefficient (Wildman–Crippen LogP) is 4.39. The standard InChI is InChI=1S/C22H36O3/c23-15-7-3-1-2-4-10-19-20(22-14-13-21(19)25-22)12-11-18(24)16-17-8-5-6-9-17/h3,7,11-12,17-24H,1-2,4-6,8-10,13-16H2/b7-3+,12-11+. The summed E-state index contributed by atoms with van der Waals surface area (Å²) in [7, 11) is 0. The molecule has 0 radical (unpaired) electrons. The molecule has 3 heteroatoms. The van der Waals surface area contributed by atoms with Crippen molar-refractivity contribution >= 4 is 0 Å². The molecule has 2 N–H and O–H groups in total. The van der Waals surface area contributed by atoms with Crippen LogP contribution in [0.4, 0.5) is 0 Å². The lowest BCUT2D eigenvalue weighted by atomic mass is 9.76. The molecule has 0 aromatic carbocycles. The minimum absolute atomic E-state index is 0.149. The third-order valence-electron chi connectivity index (χ3n) is 6.52. The second kappa shape index (κ2) is 9.89. The fourth-order valence-corrected chi connectivity index (χ4v) is 5.21. The molecule has 0 aromatic rings. The zero-order chi connectivity index (χ0) is 17.5. The Hall–Kier alpha value is -0.640. The number of hydrogen-bond donors (Lipinski definition) is 2. The maximum Gasteiger partial charge on any atom is 0.0723 e. The fraction of sp³-hybridized carbons (Fsp3) is 0.818. The van der Waals surface area contributed by atoms with E-state index in [1.54, 1.807) is 0 Å². The fourth-order valence-electron chi connectivity index (χ4n) is 5.21. The SMILES string of the molecule is OC/C=C/CCCCC1C2CCC(O2)C1/C=C/C(O)CC1CCCC1. The van der Waals surface area contributed by atoms with Crippen molar-refractivity contribution in [3.8, 4) is 0 Å². The monoisotopic (exact) mass is 348 g/mol. The third kappa shape index (κ3) is 5.42. The van der Waals surface area contributed by atoms with Crippen LogP contribution in [0.25, 0.3) is 0 Å². The first-order valence-corrected chi connectivity index (χ1v) is 10.6. The predicted molar refractivity (Wildman–Crippen MR) is 101 cm³/mol. The molecule has 5 unspecified atom stereocenters. The van der Waals surface area contributed by atoms with Crippen molar-refractivity contribution in [1.82, 2.24) is 0 Å². The molecule has 3 fully saturated rings. The summed E-state index contributed by atoms with van der Waals surface area (Å²) in [5, 5.41) is 19.1. The Balaban J connectivity index is 1.44. The molecule has 0 aromatic heterocycles. The van der Waals surface area contributed by atoms with E-state index in [1.165, 1.54) is 57.8 Å². The largest absolute Gasteiger partial charge is 0.392 e. The summed E-state index contributed by atoms with van der Waals surface area (Å²) in [6, 6.07) is 0. The maximum absolute atomic E-state index is 10.4. The number of allylic oxidation sites excluding steroid dienone is 1. The van der Waals surface area contributed by atoms with E-state index in [4.69, 9.17) is 9.84 Å². The van der Waals surface area contributed by atoms with Crippen LogP contribution in [0, 0.1) is 17.8 Å². The summed E-state index contributed by atoms with van der Waals surface area (Å²) in [6.45, 7) is 0.149. The van der Waals surface area contributed by atoms with Gasteiger partial charge in [0.1, 0.15) is 0 Å².